The van der Waals surface area contributed by atoms with Crippen LogP contribution in [0.2, 0.25) is 0 Å². The van der Waals surface area contributed by atoms with Crippen LogP contribution >= 0.6 is 22.6 Å². The molecule has 1 N–H and O–H groups in total. The third-order valence-electron chi connectivity index (χ3n) is 3.10. The molecule has 0 aliphatic heterocycles. The number of ether oxygens (including phenoxy) is 1. The first-order valence-corrected chi connectivity index (χ1v) is 9.32. The number of carbonyl (C=O) groups is 1. The van der Waals surface area contributed by atoms with Gasteiger partial charge in [0, 0.05) is 6.04 Å². The van der Waals surface area contributed by atoms with E-state index in [0.717, 1.165) is 6.42 Å². The summed E-state index contributed by atoms with van der Waals surface area (Å²) >= 11 is 2.44. The molecule has 0 bridgehead atoms. The van der Waals surface area contributed by atoms with E-state index < -0.39 is 5.60 Å². The highest BCUT2D eigenvalue weighted by Crippen LogP contribution is 2.16. The van der Waals surface area contributed by atoms with Gasteiger partial charge in [0.2, 0.25) is 0 Å². The lowest BCUT2D eigenvalue weighted by molar-refractivity contribution is 0.0502. The van der Waals surface area contributed by atoms with Crippen molar-refractivity contribution in [3.05, 3.63) is 0 Å². The summed E-state index contributed by atoms with van der Waals surface area (Å²) in [5.41, 5.74) is -0.423. The first kappa shape index (κ1) is 20.0. The minimum Gasteiger partial charge on any atom is -0.444 e. The molecule has 0 saturated heterocycles. The van der Waals surface area contributed by atoms with E-state index in [1.807, 2.05) is 20.8 Å². The summed E-state index contributed by atoms with van der Waals surface area (Å²) < 4.78 is 6.53. The Hall–Kier alpha value is 0. The SMILES string of the molecule is C[C@@H](CCCCCCI)C[C@H](C)NC(=O)OC(C)(C)C. The molecule has 0 aliphatic carbocycles. The second-order valence-electron chi connectivity index (χ2n) is 6.78. The van der Waals surface area contributed by atoms with Gasteiger partial charge in [-0.25, -0.2) is 4.79 Å². The molecule has 0 heterocycles. The third-order valence-corrected chi connectivity index (χ3v) is 3.86. The standard InChI is InChI=1S/C16H32INO2/c1-13(10-8-6-7-9-11-17)12-14(2)18-15(19)20-16(3,4)5/h13-14H,6-12H2,1-5H3,(H,18,19)/t13-,14-/m0/s1. The van der Waals surface area contributed by atoms with Crippen LogP contribution in [0.4, 0.5) is 4.79 Å². The number of halogens is 1. The number of hydrogen-bond donors (Lipinski definition) is 1. The molecular weight excluding hydrogens is 365 g/mol. The van der Waals surface area contributed by atoms with Crippen molar-refractivity contribution in [1.82, 2.24) is 5.32 Å². The number of alkyl carbamates (subject to hydrolysis) is 1. The second-order valence-corrected chi connectivity index (χ2v) is 7.86. The highest BCUT2D eigenvalue weighted by Gasteiger charge is 2.18. The van der Waals surface area contributed by atoms with Crippen LogP contribution in [-0.2, 0) is 4.74 Å². The molecule has 0 saturated carbocycles. The molecule has 2 atom stereocenters. The molecule has 1 amide bonds. The van der Waals surface area contributed by atoms with Crippen LogP contribution in [0.15, 0.2) is 0 Å². The highest BCUT2D eigenvalue weighted by molar-refractivity contribution is 14.1. The Labute approximate surface area is 138 Å². The molecule has 3 nitrogen and oxygen atoms in total. The monoisotopic (exact) mass is 397 g/mol. The van der Waals surface area contributed by atoms with E-state index in [-0.39, 0.29) is 12.1 Å². The van der Waals surface area contributed by atoms with E-state index in [0.29, 0.717) is 5.92 Å². The van der Waals surface area contributed by atoms with E-state index in [4.69, 9.17) is 4.74 Å². The van der Waals surface area contributed by atoms with Crippen molar-refractivity contribution in [2.24, 2.45) is 5.92 Å². The zero-order valence-electron chi connectivity index (χ0n) is 13.8. The topological polar surface area (TPSA) is 38.3 Å². The maximum Gasteiger partial charge on any atom is 0.407 e. The molecule has 4 heteroatoms. The lowest BCUT2D eigenvalue weighted by atomic mass is 9.96. The van der Waals surface area contributed by atoms with Crippen LogP contribution in [-0.4, -0.2) is 22.2 Å². The van der Waals surface area contributed by atoms with Crippen molar-refractivity contribution in [1.29, 1.82) is 0 Å². The summed E-state index contributed by atoms with van der Waals surface area (Å²) in [7, 11) is 0. The van der Waals surface area contributed by atoms with Gasteiger partial charge in [0.1, 0.15) is 5.60 Å². The van der Waals surface area contributed by atoms with Crippen molar-refractivity contribution < 1.29 is 9.53 Å². The zero-order chi connectivity index (χ0) is 15.6. The van der Waals surface area contributed by atoms with E-state index in [9.17, 15) is 4.79 Å². The van der Waals surface area contributed by atoms with Crippen molar-refractivity contribution in [3.63, 3.8) is 0 Å². The molecule has 0 aromatic heterocycles. The average molecular weight is 397 g/mol. The number of hydrogen-bond acceptors (Lipinski definition) is 2. The first-order chi connectivity index (χ1) is 9.24. The number of nitrogens with one attached hydrogen (secondary N) is 1. The van der Waals surface area contributed by atoms with E-state index in [1.165, 1.54) is 36.5 Å². The number of alkyl halides is 1. The van der Waals surface area contributed by atoms with E-state index >= 15 is 0 Å². The van der Waals surface area contributed by atoms with Crippen molar-refractivity contribution >= 4 is 28.7 Å². The fraction of sp³-hybridized carbons (Fsp3) is 0.938. The lowest BCUT2D eigenvalue weighted by Gasteiger charge is -2.23. The lowest BCUT2D eigenvalue weighted by Crippen LogP contribution is -2.38. The summed E-state index contributed by atoms with van der Waals surface area (Å²) in [5.74, 6) is 0.652. The molecular formula is C16H32INO2. The smallest absolute Gasteiger partial charge is 0.407 e. The number of unbranched alkanes of at least 4 members (excludes halogenated alkanes) is 3. The predicted molar refractivity (Wildman–Crippen MR) is 94.6 cm³/mol. The molecule has 0 aromatic carbocycles. The van der Waals surface area contributed by atoms with Gasteiger partial charge in [0.25, 0.3) is 0 Å². The fourth-order valence-electron chi connectivity index (χ4n) is 2.23. The van der Waals surface area contributed by atoms with Gasteiger partial charge in [-0.05, 0) is 50.9 Å². The summed E-state index contributed by atoms with van der Waals surface area (Å²) in [6.07, 6.45) is 7.29. The number of rotatable bonds is 9. The first-order valence-electron chi connectivity index (χ1n) is 7.80. The maximum atomic E-state index is 11.6. The third kappa shape index (κ3) is 13.0. The van der Waals surface area contributed by atoms with Gasteiger partial charge in [0.05, 0.1) is 0 Å². The Balaban J connectivity index is 3.73. The van der Waals surface area contributed by atoms with Crippen LogP contribution in [0.3, 0.4) is 0 Å². The van der Waals surface area contributed by atoms with Gasteiger partial charge in [0.15, 0.2) is 0 Å². The van der Waals surface area contributed by atoms with Crippen LogP contribution in [0.5, 0.6) is 0 Å². The van der Waals surface area contributed by atoms with Gasteiger partial charge >= 0.3 is 6.09 Å². The quantitative estimate of drug-likeness (QED) is 0.325. The van der Waals surface area contributed by atoms with Crippen LogP contribution in [0.1, 0.15) is 73.1 Å². The molecule has 0 aliphatic rings. The summed E-state index contributed by atoms with van der Waals surface area (Å²) in [6.45, 7) is 9.98. The largest absolute Gasteiger partial charge is 0.444 e. The van der Waals surface area contributed by atoms with Gasteiger partial charge in [-0.3, -0.25) is 0 Å². The molecule has 0 rings (SSSR count). The highest BCUT2D eigenvalue weighted by atomic mass is 127. The number of carbonyl (C=O) groups excluding carboxylic acids is 1. The maximum absolute atomic E-state index is 11.6. The van der Waals surface area contributed by atoms with Gasteiger partial charge in [-0.1, -0.05) is 55.2 Å². The Morgan fingerprint density at radius 2 is 1.75 bits per heavy atom. The van der Waals surface area contributed by atoms with E-state index in [1.54, 1.807) is 0 Å². The van der Waals surface area contributed by atoms with Crippen molar-refractivity contribution in [3.8, 4) is 0 Å². The molecule has 20 heavy (non-hydrogen) atoms. The Bertz CT molecular complexity index is 264. The minimum atomic E-state index is -0.423. The number of amides is 1. The van der Waals surface area contributed by atoms with Crippen LogP contribution in [0, 0.1) is 5.92 Å². The molecule has 0 radical (unpaired) electrons. The molecule has 0 fully saturated rings. The predicted octanol–water partition coefficient (Wildman–Crippen LogP) is 5.31. The van der Waals surface area contributed by atoms with Gasteiger partial charge in [-0.2, -0.15) is 0 Å². The molecule has 0 spiro atoms. The van der Waals surface area contributed by atoms with Crippen LogP contribution < -0.4 is 5.32 Å². The van der Waals surface area contributed by atoms with E-state index in [2.05, 4.69) is 41.8 Å². The Kier molecular flexibility index (Phi) is 10.7. The summed E-state index contributed by atoms with van der Waals surface area (Å²) in [6, 6.07) is 0.175. The Morgan fingerprint density at radius 1 is 1.15 bits per heavy atom. The van der Waals surface area contributed by atoms with Crippen LogP contribution in [0.25, 0.3) is 0 Å². The molecule has 120 valence electrons. The van der Waals surface area contributed by atoms with Gasteiger partial charge < -0.3 is 10.1 Å². The summed E-state index contributed by atoms with van der Waals surface area (Å²) in [5, 5.41) is 2.92. The second kappa shape index (κ2) is 10.7. The van der Waals surface area contributed by atoms with Crippen molar-refractivity contribution in [2.45, 2.75) is 84.8 Å². The average Bonchev–Trinajstić information content (AvgIpc) is 2.25. The fourth-order valence-corrected chi connectivity index (χ4v) is 2.77. The minimum absolute atomic E-state index is 0.175. The summed E-state index contributed by atoms with van der Waals surface area (Å²) in [4.78, 5) is 11.6. The van der Waals surface area contributed by atoms with Gasteiger partial charge in [-0.15, -0.1) is 0 Å². The molecule has 0 unspecified atom stereocenters. The van der Waals surface area contributed by atoms with Crippen molar-refractivity contribution in [2.75, 3.05) is 4.43 Å². The normalized spacial score (nSPS) is 14.7. The molecule has 0 aromatic rings. The Morgan fingerprint density at radius 3 is 2.30 bits per heavy atom. The zero-order valence-corrected chi connectivity index (χ0v) is 16.0.